The van der Waals surface area contributed by atoms with E-state index in [0.717, 1.165) is 28.4 Å². The minimum atomic E-state index is -1.34. The van der Waals surface area contributed by atoms with Crippen LogP contribution < -0.4 is 10.0 Å². The van der Waals surface area contributed by atoms with Crippen molar-refractivity contribution in [2.24, 2.45) is 5.92 Å². The van der Waals surface area contributed by atoms with E-state index in [9.17, 15) is 9.00 Å². The van der Waals surface area contributed by atoms with Crippen LogP contribution >= 0.6 is 23.5 Å². The van der Waals surface area contributed by atoms with Crippen LogP contribution in [0.1, 0.15) is 25.8 Å². The van der Waals surface area contributed by atoms with Gasteiger partial charge in [0.1, 0.15) is 11.0 Å². The first-order chi connectivity index (χ1) is 11.4. The molecule has 1 aromatic rings. The molecule has 2 atom stereocenters. The third kappa shape index (κ3) is 4.56. The molecule has 2 unspecified atom stereocenters. The molecule has 4 nitrogen and oxygen atoms in total. The van der Waals surface area contributed by atoms with Gasteiger partial charge >= 0.3 is 0 Å². The molecule has 1 aliphatic heterocycles. The molecule has 0 spiro atoms. The Bertz CT molecular complexity index is 584. The Morgan fingerprint density at radius 2 is 1.83 bits per heavy atom. The molecule has 0 bridgehead atoms. The summed E-state index contributed by atoms with van der Waals surface area (Å²) in [4.78, 5) is 13.4. The average molecular weight is 387 g/mol. The summed E-state index contributed by atoms with van der Waals surface area (Å²) in [6.45, 7) is 6.27. The van der Waals surface area contributed by atoms with Crippen molar-refractivity contribution in [1.29, 1.82) is 0 Å². The first kappa shape index (κ1) is 19.8. The van der Waals surface area contributed by atoms with E-state index in [4.69, 9.17) is 0 Å². The number of aryl methyl sites for hydroxylation is 1. The van der Waals surface area contributed by atoms with Crippen LogP contribution in [0.15, 0.2) is 29.2 Å². The van der Waals surface area contributed by atoms with Crippen molar-refractivity contribution < 1.29 is 9.00 Å². The second kappa shape index (κ2) is 8.74. The van der Waals surface area contributed by atoms with Crippen molar-refractivity contribution >= 4 is 40.4 Å². The predicted octanol–water partition coefficient (Wildman–Crippen LogP) is 2.94. The zero-order valence-electron chi connectivity index (χ0n) is 14.6. The number of amides is 1. The molecule has 134 valence electrons. The monoisotopic (exact) mass is 386 g/mol. The third-order valence-electron chi connectivity index (χ3n) is 3.91. The number of hydrogen-bond acceptors (Lipinski definition) is 4. The largest absolute Gasteiger partial charge is 0.357 e. The Morgan fingerprint density at radius 1 is 1.25 bits per heavy atom. The Labute approximate surface area is 155 Å². The fourth-order valence-corrected chi connectivity index (χ4v) is 7.19. The van der Waals surface area contributed by atoms with Gasteiger partial charge < -0.3 is 5.32 Å². The van der Waals surface area contributed by atoms with Crippen molar-refractivity contribution in [2.45, 2.75) is 42.2 Å². The van der Waals surface area contributed by atoms with Gasteiger partial charge in [-0.2, -0.15) is 0 Å². The molecule has 1 heterocycles. The molecule has 1 amide bonds. The SMILES string of the molecule is CNC(=O)C1(C(CC(C)C)NS(=O)c2ccc(C)cc2)SCCS1. The number of rotatable bonds is 7. The van der Waals surface area contributed by atoms with Crippen LogP contribution in [0.2, 0.25) is 0 Å². The lowest BCUT2D eigenvalue weighted by atomic mass is 10.0. The van der Waals surface area contributed by atoms with E-state index in [1.165, 1.54) is 0 Å². The fraction of sp³-hybridized carbons (Fsp3) is 0.588. The number of thioether (sulfide) groups is 2. The van der Waals surface area contributed by atoms with E-state index in [2.05, 4.69) is 23.9 Å². The maximum atomic E-state index is 12.8. The second-order valence-electron chi connectivity index (χ2n) is 6.33. The van der Waals surface area contributed by atoms with Crippen LogP contribution in [-0.2, 0) is 15.8 Å². The van der Waals surface area contributed by atoms with Crippen LogP contribution in [0.4, 0.5) is 0 Å². The van der Waals surface area contributed by atoms with Crippen molar-refractivity contribution in [1.82, 2.24) is 10.0 Å². The lowest BCUT2D eigenvalue weighted by molar-refractivity contribution is -0.121. The summed E-state index contributed by atoms with van der Waals surface area (Å²) in [7, 11) is 0.338. The number of benzene rings is 1. The van der Waals surface area contributed by atoms with Gasteiger partial charge in [-0.3, -0.25) is 4.79 Å². The maximum absolute atomic E-state index is 12.8. The van der Waals surface area contributed by atoms with E-state index in [0.29, 0.717) is 5.92 Å². The van der Waals surface area contributed by atoms with Crippen LogP contribution in [0.25, 0.3) is 0 Å². The minimum absolute atomic E-state index is 0.00839. The molecule has 24 heavy (non-hydrogen) atoms. The maximum Gasteiger partial charge on any atom is 0.247 e. The molecular weight excluding hydrogens is 360 g/mol. The molecule has 0 radical (unpaired) electrons. The highest BCUT2D eigenvalue weighted by atomic mass is 32.2. The molecule has 7 heteroatoms. The van der Waals surface area contributed by atoms with E-state index in [-0.39, 0.29) is 11.9 Å². The van der Waals surface area contributed by atoms with Crippen molar-refractivity contribution in [3.05, 3.63) is 29.8 Å². The topological polar surface area (TPSA) is 58.2 Å². The summed E-state index contributed by atoms with van der Waals surface area (Å²) < 4.78 is 15.4. The molecular formula is C17H26N2O2S3. The van der Waals surface area contributed by atoms with Crippen LogP contribution in [-0.4, -0.2) is 38.8 Å². The van der Waals surface area contributed by atoms with E-state index in [1.54, 1.807) is 30.6 Å². The number of carbonyl (C=O) groups is 1. The van der Waals surface area contributed by atoms with Gasteiger partial charge in [-0.25, -0.2) is 8.93 Å². The zero-order valence-corrected chi connectivity index (χ0v) is 17.1. The van der Waals surface area contributed by atoms with Gasteiger partial charge in [0.15, 0.2) is 4.08 Å². The third-order valence-corrected chi connectivity index (χ3v) is 8.69. The van der Waals surface area contributed by atoms with E-state index >= 15 is 0 Å². The normalized spacial score (nSPS) is 19.2. The van der Waals surface area contributed by atoms with Gasteiger partial charge in [-0.05, 0) is 31.4 Å². The Kier molecular flexibility index (Phi) is 7.22. The highest BCUT2D eigenvalue weighted by molar-refractivity contribution is 8.22. The summed E-state index contributed by atoms with van der Waals surface area (Å²) >= 11 is 3.33. The van der Waals surface area contributed by atoms with Gasteiger partial charge in [-0.15, -0.1) is 23.5 Å². The molecule has 1 aliphatic rings. The van der Waals surface area contributed by atoms with Crippen molar-refractivity contribution in [3.8, 4) is 0 Å². The van der Waals surface area contributed by atoms with Gasteiger partial charge in [0.25, 0.3) is 0 Å². The summed E-state index contributed by atoms with van der Waals surface area (Å²) in [5.74, 6) is 2.28. The summed E-state index contributed by atoms with van der Waals surface area (Å²) in [6, 6.07) is 7.52. The molecule has 0 saturated carbocycles. The summed E-state index contributed by atoms with van der Waals surface area (Å²) in [5.41, 5.74) is 1.14. The first-order valence-electron chi connectivity index (χ1n) is 8.13. The molecule has 0 aliphatic carbocycles. The van der Waals surface area contributed by atoms with Crippen molar-refractivity contribution in [3.63, 3.8) is 0 Å². The zero-order chi connectivity index (χ0) is 17.7. The molecule has 1 saturated heterocycles. The quantitative estimate of drug-likeness (QED) is 0.756. The Hall–Kier alpha value is -0.500. The van der Waals surface area contributed by atoms with Crippen LogP contribution in [0, 0.1) is 12.8 Å². The molecule has 1 aromatic carbocycles. The minimum Gasteiger partial charge on any atom is -0.357 e. The Balaban J connectivity index is 2.25. The highest BCUT2D eigenvalue weighted by Gasteiger charge is 2.49. The van der Waals surface area contributed by atoms with Crippen molar-refractivity contribution in [2.75, 3.05) is 18.6 Å². The predicted molar refractivity (Wildman–Crippen MR) is 106 cm³/mol. The number of carbonyl (C=O) groups excluding carboxylic acids is 1. The molecule has 2 N–H and O–H groups in total. The van der Waals surface area contributed by atoms with Gasteiger partial charge in [0.05, 0.1) is 10.9 Å². The smallest absolute Gasteiger partial charge is 0.247 e. The lowest BCUT2D eigenvalue weighted by Gasteiger charge is -2.35. The fourth-order valence-electron chi connectivity index (χ4n) is 2.70. The Morgan fingerprint density at radius 3 is 2.33 bits per heavy atom. The standard InChI is InChI=1S/C17H26N2O2S3/c1-12(2)11-15(17(16(20)18-4)22-9-10-23-17)19-24(21)14-7-5-13(3)6-8-14/h5-8,12,15,19H,9-11H2,1-4H3,(H,18,20). The van der Waals surface area contributed by atoms with Gasteiger partial charge in [-0.1, -0.05) is 31.5 Å². The molecule has 0 aromatic heterocycles. The highest BCUT2D eigenvalue weighted by Crippen LogP contribution is 2.48. The van der Waals surface area contributed by atoms with E-state index < -0.39 is 15.1 Å². The van der Waals surface area contributed by atoms with Crippen LogP contribution in [0.5, 0.6) is 0 Å². The van der Waals surface area contributed by atoms with Gasteiger partial charge in [0, 0.05) is 18.6 Å². The lowest BCUT2D eigenvalue weighted by Crippen LogP contribution is -2.54. The first-order valence-corrected chi connectivity index (χ1v) is 11.3. The summed E-state index contributed by atoms with van der Waals surface area (Å²) in [5, 5.41) is 2.80. The van der Waals surface area contributed by atoms with E-state index in [1.807, 2.05) is 31.2 Å². The molecule has 2 rings (SSSR count). The van der Waals surface area contributed by atoms with Gasteiger partial charge in [0.2, 0.25) is 5.91 Å². The second-order valence-corrected chi connectivity index (χ2v) is 10.5. The molecule has 1 fully saturated rings. The average Bonchev–Trinajstić information content (AvgIpc) is 3.04. The number of hydrogen-bond donors (Lipinski definition) is 2. The summed E-state index contributed by atoms with van der Waals surface area (Å²) in [6.07, 6.45) is 0.797. The number of nitrogens with one attached hydrogen (secondary N) is 2. The van der Waals surface area contributed by atoms with Crippen LogP contribution in [0.3, 0.4) is 0 Å².